The average Bonchev–Trinajstić information content (AvgIpc) is 3.39. The number of benzene rings is 2. The van der Waals surface area contributed by atoms with Crippen LogP contribution in [0.5, 0.6) is 0 Å². The molecule has 5 aromatic rings. The number of aryl methyl sites for hydroxylation is 1. The summed E-state index contributed by atoms with van der Waals surface area (Å²) in [6.45, 7) is 10.8. The normalized spacial score (nSPS) is 15.0. The fraction of sp³-hybridized carbons (Fsp3) is 0.361. The number of aromatic nitrogens is 4. The molecule has 3 aromatic heterocycles. The highest BCUT2D eigenvalue weighted by Gasteiger charge is 2.29. The Kier molecular flexibility index (Phi) is 9.50. The fourth-order valence-corrected chi connectivity index (χ4v) is 6.74. The lowest BCUT2D eigenvalue weighted by Gasteiger charge is -2.35. The predicted molar refractivity (Wildman–Crippen MR) is 181 cm³/mol. The maximum absolute atomic E-state index is 6.29. The molecule has 0 saturated carbocycles. The number of fused-ring (bicyclic) bond motifs is 2. The van der Waals surface area contributed by atoms with Gasteiger partial charge in [0.05, 0.1) is 29.3 Å². The number of hydrogen-bond acceptors (Lipinski definition) is 6. The van der Waals surface area contributed by atoms with Gasteiger partial charge in [-0.1, -0.05) is 68.2 Å². The van der Waals surface area contributed by atoms with Gasteiger partial charge in [0.2, 0.25) is 0 Å². The lowest BCUT2D eigenvalue weighted by atomic mass is 9.90. The third-order valence-electron chi connectivity index (χ3n) is 8.45. The van der Waals surface area contributed by atoms with Gasteiger partial charge in [-0.2, -0.15) is 0 Å². The molecule has 2 aromatic carbocycles. The summed E-state index contributed by atoms with van der Waals surface area (Å²) in [5.41, 5.74) is 7.24. The van der Waals surface area contributed by atoms with Crippen LogP contribution in [0.1, 0.15) is 47.1 Å². The predicted octanol–water partition coefficient (Wildman–Crippen LogP) is 7.83. The Morgan fingerprint density at radius 3 is 2.50 bits per heavy atom. The molecule has 228 valence electrons. The molecule has 0 amide bonds. The maximum atomic E-state index is 6.29. The van der Waals surface area contributed by atoms with E-state index >= 15 is 0 Å². The van der Waals surface area contributed by atoms with Crippen molar-refractivity contribution in [2.24, 2.45) is 0 Å². The van der Waals surface area contributed by atoms with Gasteiger partial charge < -0.3 is 14.6 Å². The second-order valence-electron chi connectivity index (χ2n) is 13.0. The second kappa shape index (κ2) is 13.8. The quantitative estimate of drug-likeness (QED) is 0.109. The zero-order valence-electron chi connectivity index (χ0n) is 26.2. The van der Waals surface area contributed by atoms with Crippen molar-refractivity contribution in [3.05, 3.63) is 119 Å². The number of imidazole rings is 1. The molecular formula is C36H44N6OSi. The van der Waals surface area contributed by atoms with Gasteiger partial charge in [0, 0.05) is 40.2 Å². The van der Waals surface area contributed by atoms with Gasteiger partial charge in [0.15, 0.2) is 0 Å². The van der Waals surface area contributed by atoms with Gasteiger partial charge in [0.1, 0.15) is 18.4 Å². The van der Waals surface area contributed by atoms with Crippen molar-refractivity contribution in [1.29, 1.82) is 0 Å². The zero-order valence-corrected chi connectivity index (χ0v) is 27.2. The minimum atomic E-state index is -1.17. The van der Waals surface area contributed by atoms with Gasteiger partial charge in [0.25, 0.3) is 0 Å². The number of rotatable bonds is 13. The Balaban J connectivity index is 1.26. The molecular weight excluding hydrogens is 561 g/mol. The topological polar surface area (TPSA) is 68.1 Å². The first-order valence-corrected chi connectivity index (χ1v) is 19.6. The minimum absolute atomic E-state index is 0.228. The molecule has 6 rings (SSSR count). The SMILES string of the molecule is C[Si](C)(C)CCOCn1c(CN(Cc2ccc(CNc3ccccn3)cc2)C2CCCc3cccnc32)nc2ccccc21. The number of hydrogen-bond donors (Lipinski definition) is 1. The van der Waals surface area contributed by atoms with Crippen molar-refractivity contribution in [1.82, 2.24) is 24.4 Å². The zero-order chi connectivity index (χ0) is 30.4. The second-order valence-corrected chi connectivity index (χ2v) is 18.7. The van der Waals surface area contributed by atoms with E-state index in [0.29, 0.717) is 6.73 Å². The Hall–Kier alpha value is -3.85. The minimum Gasteiger partial charge on any atom is -0.366 e. The third-order valence-corrected chi connectivity index (χ3v) is 10.2. The first-order valence-electron chi connectivity index (χ1n) is 15.9. The van der Waals surface area contributed by atoms with E-state index in [1.165, 1.54) is 22.4 Å². The molecule has 1 aliphatic carbocycles. The molecule has 1 unspecified atom stereocenters. The van der Waals surface area contributed by atoms with Crippen LogP contribution in [0.15, 0.2) is 91.3 Å². The van der Waals surface area contributed by atoms with E-state index in [1.54, 1.807) is 0 Å². The van der Waals surface area contributed by atoms with Crippen molar-refractivity contribution >= 4 is 24.9 Å². The Morgan fingerprint density at radius 1 is 0.886 bits per heavy atom. The van der Waals surface area contributed by atoms with Crippen molar-refractivity contribution in [3.8, 4) is 0 Å². The Bertz CT molecular complexity index is 1650. The molecule has 7 nitrogen and oxygen atoms in total. The molecule has 8 heteroatoms. The van der Waals surface area contributed by atoms with Crippen molar-refractivity contribution in [2.45, 2.75) is 77.4 Å². The smallest absolute Gasteiger partial charge is 0.126 e. The number of ether oxygens (including phenoxy) is 1. The number of anilines is 1. The van der Waals surface area contributed by atoms with Crippen LogP contribution in [0, 0.1) is 0 Å². The standard InChI is InChI=1S/C36H44N6OSi/c1-44(2,3)23-22-43-27-42-32-13-5-4-12-31(32)40-35(42)26-41(33-14-8-10-30-11-9-21-38-36(30)33)25-29-18-16-28(17-19-29)24-39-34-15-6-7-20-37-34/h4-7,9,11-13,15-21,33H,8,10,14,22-27H2,1-3H3,(H,37,39). The van der Waals surface area contributed by atoms with E-state index in [2.05, 4.69) is 100 Å². The summed E-state index contributed by atoms with van der Waals surface area (Å²) in [6.07, 6.45) is 7.10. The van der Waals surface area contributed by atoms with E-state index in [0.717, 1.165) is 74.2 Å². The summed E-state index contributed by atoms with van der Waals surface area (Å²) in [6, 6.07) is 29.0. The number of pyridine rings is 2. The molecule has 3 heterocycles. The third kappa shape index (κ3) is 7.61. The average molecular weight is 605 g/mol. The summed E-state index contributed by atoms with van der Waals surface area (Å²) >= 11 is 0. The van der Waals surface area contributed by atoms with E-state index in [9.17, 15) is 0 Å². The van der Waals surface area contributed by atoms with Crippen LogP contribution in [0.3, 0.4) is 0 Å². The first-order chi connectivity index (χ1) is 21.4. The highest BCUT2D eigenvalue weighted by Crippen LogP contribution is 2.35. The molecule has 44 heavy (non-hydrogen) atoms. The number of para-hydroxylation sites is 2. The molecule has 0 aliphatic heterocycles. The Labute approximate surface area is 262 Å². The first kappa shape index (κ1) is 30.2. The van der Waals surface area contributed by atoms with E-state index in [4.69, 9.17) is 14.7 Å². The molecule has 0 fully saturated rings. The van der Waals surface area contributed by atoms with E-state index in [1.807, 2.05) is 30.6 Å². The van der Waals surface area contributed by atoms with Gasteiger partial charge in [-0.3, -0.25) is 9.88 Å². The monoisotopic (exact) mass is 604 g/mol. The lowest BCUT2D eigenvalue weighted by Crippen LogP contribution is -2.32. The van der Waals surface area contributed by atoms with Crippen LogP contribution < -0.4 is 5.32 Å². The molecule has 1 aliphatic rings. The summed E-state index contributed by atoms with van der Waals surface area (Å²) in [5.74, 6) is 1.93. The molecule has 0 bridgehead atoms. The molecule has 1 N–H and O–H groups in total. The number of nitrogens with zero attached hydrogens (tertiary/aromatic N) is 5. The van der Waals surface area contributed by atoms with Crippen LogP contribution in [-0.4, -0.2) is 39.1 Å². The van der Waals surface area contributed by atoms with Crippen LogP contribution in [0.2, 0.25) is 25.7 Å². The molecule has 0 spiro atoms. The van der Waals surface area contributed by atoms with Crippen LogP contribution >= 0.6 is 0 Å². The summed E-state index contributed by atoms with van der Waals surface area (Å²) in [5, 5.41) is 3.41. The summed E-state index contributed by atoms with van der Waals surface area (Å²) < 4.78 is 8.57. The van der Waals surface area contributed by atoms with Crippen LogP contribution in [-0.2, 0) is 37.5 Å². The van der Waals surface area contributed by atoms with Crippen molar-refractivity contribution in [3.63, 3.8) is 0 Å². The van der Waals surface area contributed by atoms with Gasteiger partial charge in [-0.15, -0.1) is 0 Å². The van der Waals surface area contributed by atoms with E-state index < -0.39 is 8.07 Å². The lowest BCUT2D eigenvalue weighted by molar-refractivity contribution is 0.0824. The maximum Gasteiger partial charge on any atom is 0.126 e. The number of nitrogens with one attached hydrogen (secondary N) is 1. The summed E-state index contributed by atoms with van der Waals surface area (Å²) in [7, 11) is -1.17. The van der Waals surface area contributed by atoms with Crippen LogP contribution in [0.4, 0.5) is 5.82 Å². The van der Waals surface area contributed by atoms with Crippen molar-refractivity contribution < 1.29 is 4.74 Å². The Morgan fingerprint density at radius 2 is 1.68 bits per heavy atom. The van der Waals surface area contributed by atoms with Gasteiger partial charge in [-0.05, 0) is 72.3 Å². The van der Waals surface area contributed by atoms with Crippen LogP contribution in [0.25, 0.3) is 11.0 Å². The van der Waals surface area contributed by atoms with E-state index in [-0.39, 0.29) is 6.04 Å². The summed E-state index contributed by atoms with van der Waals surface area (Å²) in [4.78, 5) is 17.0. The molecule has 0 saturated heterocycles. The largest absolute Gasteiger partial charge is 0.366 e. The van der Waals surface area contributed by atoms with Gasteiger partial charge >= 0.3 is 0 Å². The molecule has 1 atom stereocenters. The highest BCUT2D eigenvalue weighted by molar-refractivity contribution is 6.76. The fourth-order valence-electron chi connectivity index (χ4n) is 5.98. The van der Waals surface area contributed by atoms with Gasteiger partial charge in [-0.25, -0.2) is 9.97 Å². The molecule has 0 radical (unpaired) electrons. The highest BCUT2D eigenvalue weighted by atomic mass is 28.3. The van der Waals surface area contributed by atoms with Crippen molar-refractivity contribution in [2.75, 3.05) is 11.9 Å².